The maximum atomic E-state index is 12.2. The van der Waals surface area contributed by atoms with E-state index in [0.717, 1.165) is 22.5 Å². The average molecular weight is 310 g/mol. The second kappa shape index (κ2) is 6.12. The van der Waals surface area contributed by atoms with Crippen molar-refractivity contribution in [2.75, 3.05) is 10.6 Å². The first-order valence-electron chi connectivity index (χ1n) is 7.47. The summed E-state index contributed by atoms with van der Waals surface area (Å²) in [6.45, 7) is 3.93. The normalized spacial score (nSPS) is 16.1. The molecule has 0 saturated heterocycles. The van der Waals surface area contributed by atoms with Crippen LogP contribution in [-0.2, 0) is 9.59 Å². The third-order valence-electron chi connectivity index (χ3n) is 3.76. The van der Waals surface area contributed by atoms with Crippen LogP contribution in [0.25, 0.3) is 0 Å². The lowest BCUT2D eigenvalue weighted by Gasteiger charge is -2.25. The predicted molar refractivity (Wildman–Crippen MR) is 88.7 cm³/mol. The van der Waals surface area contributed by atoms with E-state index in [2.05, 4.69) is 10.6 Å². The number of benzene rings is 2. The van der Waals surface area contributed by atoms with Crippen LogP contribution in [0, 0.1) is 13.8 Å². The molecule has 0 spiro atoms. The zero-order chi connectivity index (χ0) is 16.4. The van der Waals surface area contributed by atoms with Gasteiger partial charge in [-0.3, -0.25) is 4.79 Å². The first kappa shape index (κ1) is 15.1. The monoisotopic (exact) mass is 310 g/mol. The molecule has 0 aromatic heterocycles. The lowest BCUT2D eigenvalue weighted by molar-refractivity contribution is -0.137. The molecular weight excluding hydrogens is 292 g/mol. The second-order valence-corrected chi connectivity index (χ2v) is 5.68. The molecule has 0 aliphatic carbocycles. The molecule has 3 rings (SSSR count). The summed E-state index contributed by atoms with van der Waals surface area (Å²) in [5.74, 6) is -0.186. The zero-order valence-corrected chi connectivity index (χ0v) is 13.1. The van der Waals surface area contributed by atoms with Crippen molar-refractivity contribution in [2.45, 2.75) is 26.3 Å². The molecule has 1 atom stereocenters. The number of ether oxygens (including phenoxy) is 1. The van der Waals surface area contributed by atoms with Crippen LogP contribution in [-0.4, -0.2) is 17.9 Å². The minimum atomic E-state index is -0.685. The third-order valence-corrected chi connectivity index (χ3v) is 3.76. The molecule has 1 heterocycles. The van der Waals surface area contributed by atoms with Crippen molar-refractivity contribution in [3.63, 3.8) is 0 Å². The van der Waals surface area contributed by atoms with E-state index in [1.807, 2.05) is 44.2 Å². The van der Waals surface area contributed by atoms with Crippen molar-refractivity contribution in [1.29, 1.82) is 0 Å². The van der Waals surface area contributed by atoms with Gasteiger partial charge in [0.25, 0.3) is 0 Å². The largest absolute Gasteiger partial charge is 0.423 e. The van der Waals surface area contributed by atoms with E-state index in [0.29, 0.717) is 5.75 Å². The Balaban J connectivity index is 1.67. The van der Waals surface area contributed by atoms with Gasteiger partial charge >= 0.3 is 5.97 Å². The predicted octanol–water partition coefficient (Wildman–Crippen LogP) is 3.03. The minimum Gasteiger partial charge on any atom is -0.423 e. The Morgan fingerprint density at radius 2 is 2.00 bits per heavy atom. The fraction of sp³-hybridized carbons (Fsp3) is 0.222. The van der Waals surface area contributed by atoms with Gasteiger partial charge in [-0.1, -0.05) is 29.8 Å². The molecule has 118 valence electrons. The van der Waals surface area contributed by atoms with Gasteiger partial charge in [0.15, 0.2) is 5.75 Å². The Kier molecular flexibility index (Phi) is 4.02. The molecule has 0 saturated carbocycles. The highest BCUT2D eigenvalue weighted by Gasteiger charge is 2.29. The number of amides is 1. The van der Waals surface area contributed by atoms with Crippen molar-refractivity contribution in [3.05, 3.63) is 53.6 Å². The molecule has 1 aliphatic rings. The molecular formula is C18H18N2O3. The molecule has 2 aromatic carbocycles. The Bertz CT molecular complexity index is 771. The first-order chi connectivity index (χ1) is 11.0. The second-order valence-electron chi connectivity index (χ2n) is 5.68. The van der Waals surface area contributed by atoms with Gasteiger partial charge in [0.1, 0.15) is 6.04 Å². The summed E-state index contributed by atoms with van der Waals surface area (Å²) in [4.78, 5) is 24.2. The van der Waals surface area contributed by atoms with Crippen LogP contribution < -0.4 is 15.4 Å². The van der Waals surface area contributed by atoms with Gasteiger partial charge in [-0.2, -0.15) is 0 Å². The van der Waals surface area contributed by atoms with Crippen molar-refractivity contribution in [1.82, 2.24) is 0 Å². The van der Waals surface area contributed by atoms with Crippen LogP contribution in [0.5, 0.6) is 5.75 Å². The van der Waals surface area contributed by atoms with Crippen LogP contribution in [0.2, 0.25) is 0 Å². The Hall–Kier alpha value is -2.82. The SMILES string of the molecule is Cc1ccc(NC(=O)C[C@@H]2Nc3ccccc3OC2=O)c(C)c1. The van der Waals surface area contributed by atoms with Gasteiger partial charge in [0.05, 0.1) is 12.1 Å². The maximum Gasteiger partial charge on any atom is 0.334 e. The molecule has 2 aromatic rings. The first-order valence-corrected chi connectivity index (χ1v) is 7.47. The van der Waals surface area contributed by atoms with E-state index >= 15 is 0 Å². The van der Waals surface area contributed by atoms with Gasteiger partial charge < -0.3 is 15.4 Å². The topological polar surface area (TPSA) is 67.4 Å². The molecule has 2 N–H and O–H groups in total. The molecule has 0 unspecified atom stereocenters. The summed E-state index contributed by atoms with van der Waals surface area (Å²) in [5, 5.41) is 5.89. The molecule has 1 amide bonds. The number of rotatable bonds is 3. The Labute approximate surface area is 134 Å². The van der Waals surface area contributed by atoms with Crippen LogP contribution in [0.1, 0.15) is 17.5 Å². The summed E-state index contributed by atoms with van der Waals surface area (Å²) in [6, 6.07) is 12.3. The fourth-order valence-electron chi connectivity index (χ4n) is 2.58. The summed E-state index contributed by atoms with van der Waals surface area (Å²) in [5.41, 5.74) is 3.60. The summed E-state index contributed by atoms with van der Waals surface area (Å²) < 4.78 is 5.25. The number of fused-ring (bicyclic) bond motifs is 1. The van der Waals surface area contributed by atoms with Gasteiger partial charge in [-0.15, -0.1) is 0 Å². The number of carbonyl (C=O) groups is 2. The molecule has 5 nitrogen and oxygen atoms in total. The Morgan fingerprint density at radius 1 is 1.22 bits per heavy atom. The van der Waals surface area contributed by atoms with Gasteiger partial charge in [-0.25, -0.2) is 4.79 Å². The molecule has 5 heteroatoms. The van der Waals surface area contributed by atoms with Crippen LogP contribution in [0.4, 0.5) is 11.4 Å². The summed E-state index contributed by atoms with van der Waals surface area (Å²) in [7, 11) is 0. The Morgan fingerprint density at radius 3 is 2.78 bits per heavy atom. The quantitative estimate of drug-likeness (QED) is 0.675. The van der Waals surface area contributed by atoms with Gasteiger partial charge in [0, 0.05) is 5.69 Å². The number of para-hydroxylation sites is 2. The van der Waals surface area contributed by atoms with Crippen molar-refractivity contribution in [3.8, 4) is 5.75 Å². The van der Waals surface area contributed by atoms with E-state index < -0.39 is 12.0 Å². The highest BCUT2D eigenvalue weighted by molar-refractivity contribution is 5.97. The molecule has 0 radical (unpaired) electrons. The highest BCUT2D eigenvalue weighted by atomic mass is 16.5. The average Bonchev–Trinajstić information content (AvgIpc) is 2.51. The molecule has 1 aliphatic heterocycles. The number of anilines is 2. The van der Waals surface area contributed by atoms with Crippen molar-refractivity contribution < 1.29 is 14.3 Å². The number of nitrogens with one attached hydrogen (secondary N) is 2. The van der Waals surface area contributed by atoms with Crippen molar-refractivity contribution >= 4 is 23.3 Å². The molecule has 23 heavy (non-hydrogen) atoms. The number of esters is 1. The number of hydrogen-bond acceptors (Lipinski definition) is 4. The van der Waals surface area contributed by atoms with Gasteiger partial charge in [0.2, 0.25) is 5.91 Å². The lowest BCUT2D eigenvalue weighted by atomic mass is 10.1. The van der Waals surface area contributed by atoms with E-state index in [1.165, 1.54) is 0 Å². The number of carbonyl (C=O) groups excluding carboxylic acids is 2. The van der Waals surface area contributed by atoms with Crippen LogP contribution >= 0.6 is 0 Å². The molecule has 0 bridgehead atoms. The van der Waals surface area contributed by atoms with Crippen LogP contribution in [0.3, 0.4) is 0 Å². The maximum absolute atomic E-state index is 12.2. The smallest absolute Gasteiger partial charge is 0.334 e. The number of aryl methyl sites for hydroxylation is 2. The van der Waals surface area contributed by atoms with E-state index in [9.17, 15) is 9.59 Å². The van der Waals surface area contributed by atoms with E-state index in [4.69, 9.17) is 4.74 Å². The zero-order valence-electron chi connectivity index (χ0n) is 13.1. The van der Waals surface area contributed by atoms with Crippen LogP contribution in [0.15, 0.2) is 42.5 Å². The van der Waals surface area contributed by atoms with E-state index in [1.54, 1.807) is 12.1 Å². The third kappa shape index (κ3) is 3.34. The molecule has 0 fully saturated rings. The fourth-order valence-corrected chi connectivity index (χ4v) is 2.58. The lowest BCUT2D eigenvalue weighted by Crippen LogP contribution is -2.39. The van der Waals surface area contributed by atoms with Gasteiger partial charge in [-0.05, 0) is 37.6 Å². The van der Waals surface area contributed by atoms with E-state index in [-0.39, 0.29) is 12.3 Å². The number of hydrogen-bond donors (Lipinski definition) is 2. The minimum absolute atomic E-state index is 0.0144. The summed E-state index contributed by atoms with van der Waals surface area (Å²) in [6.07, 6.45) is 0.0144. The highest BCUT2D eigenvalue weighted by Crippen LogP contribution is 2.29. The standard InChI is InChI=1S/C18H18N2O3/c1-11-7-8-13(12(2)9-11)20-17(21)10-15-18(22)23-16-6-4-3-5-14(16)19-15/h3-9,15,19H,10H2,1-2H3,(H,20,21)/t15-/m0/s1. The van der Waals surface area contributed by atoms with Crippen molar-refractivity contribution in [2.24, 2.45) is 0 Å². The summed E-state index contributed by atoms with van der Waals surface area (Å²) >= 11 is 0.